The summed E-state index contributed by atoms with van der Waals surface area (Å²) in [5.74, 6) is -1.84. The van der Waals surface area contributed by atoms with Crippen LogP contribution in [0.4, 0.5) is 17.6 Å². The van der Waals surface area contributed by atoms with Gasteiger partial charge >= 0.3 is 6.18 Å². The highest BCUT2D eigenvalue weighted by Gasteiger charge is 2.33. The topological polar surface area (TPSA) is 97.7 Å². The number of halogens is 4. The summed E-state index contributed by atoms with van der Waals surface area (Å²) in [6.07, 6.45) is 0.889. The average Bonchev–Trinajstić information content (AvgIpc) is 2.68. The number of nitrogens with one attached hydrogen (secondary N) is 1. The number of nitrogens with zero attached hydrogens (tertiary/aromatic N) is 2. The van der Waals surface area contributed by atoms with E-state index in [-0.39, 0.29) is 23.6 Å². The maximum atomic E-state index is 13.4. The van der Waals surface area contributed by atoms with Crippen molar-refractivity contribution in [3.63, 3.8) is 0 Å². The molecule has 1 aliphatic rings. The first-order valence-electron chi connectivity index (χ1n) is 9.30. The molecular weight excluding hydrogens is 466 g/mol. The lowest BCUT2D eigenvalue weighted by atomic mass is 10.1. The average molecular weight is 483 g/mol. The molecule has 0 fully saturated rings. The molecule has 1 N–H and O–H groups in total. The molecule has 1 heterocycles. The number of alkyl halides is 3. The number of allylic oxidation sites excluding steroid dienone is 4. The molecule has 1 aliphatic carbocycles. The molecule has 0 aliphatic heterocycles. The summed E-state index contributed by atoms with van der Waals surface area (Å²) in [5.41, 5.74) is -1.02. The first-order valence-corrected chi connectivity index (χ1v) is 11.2. The molecule has 0 radical (unpaired) electrons. The molecule has 33 heavy (non-hydrogen) atoms. The van der Waals surface area contributed by atoms with Crippen molar-refractivity contribution in [2.45, 2.75) is 19.5 Å². The van der Waals surface area contributed by atoms with Crippen LogP contribution in [0.15, 0.2) is 58.8 Å². The van der Waals surface area contributed by atoms with Gasteiger partial charge in [-0.25, -0.2) is 17.8 Å². The monoisotopic (exact) mass is 483 g/mol. The number of rotatable bonds is 5. The van der Waals surface area contributed by atoms with Gasteiger partial charge in [0.1, 0.15) is 17.1 Å². The van der Waals surface area contributed by atoms with Crippen LogP contribution in [0, 0.1) is 12.7 Å². The van der Waals surface area contributed by atoms with E-state index in [4.69, 9.17) is 4.74 Å². The third-order valence-corrected chi connectivity index (χ3v) is 4.85. The second kappa shape index (κ2) is 9.14. The van der Waals surface area contributed by atoms with E-state index in [0.29, 0.717) is 17.8 Å². The molecular formula is C21H17F4N3O4S. The van der Waals surface area contributed by atoms with Crippen molar-refractivity contribution in [2.75, 3.05) is 6.26 Å². The second-order valence-corrected chi connectivity index (χ2v) is 8.73. The molecule has 0 atom stereocenters. The van der Waals surface area contributed by atoms with Crippen LogP contribution in [0.1, 0.15) is 27.9 Å². The number of hydrogen-bond donors (Lipinski definition) is 1. The Balaban J connectivity index is 1.94. The Morgan fingerprint density at radius 1 is 1.24 bits per heavy atom. The Labute approximate surface area is 186 Å². The molecule has 174 valence electrons. The predicted molar refractivity (Wildman–Crippen MR) is 112 cm³/mol. The van der Waals surface area contributed by atoms with Gasteiger partial charge in [0.25, 0.3) is 5.91 Å². The van der Waals surface area contributed by atoms with E-state index in [9.17, 15) is 30.8 Å². The third kappa shape index (κ3) is 6.48. The van der Waals surface area contributed by atoms with Gasteiger partial charge in [-0.3, -0.25) is 4.79 Å². The molecule has 7 nitrogen and oxygen atoms in total. The van der Waals surface area contributed by atoms with E-state index in [1.807, 2.05) is 0 Å². The molecule has 0 saturated heterocycles. The van der Waals surface area contributed by atoms with Crippen molar-refractivity contribution in [1.29, 1.82) is 0 Å². The molecule has 3 rings (SSSR count). The van der Waals surface area contributed by atoms with Crippen LogP contribution in [0.25, 0.3) is 0 Å². The van der Waals surface area contributed by atoms with Crippen LogP contribution < -0.4 is 10.1 Å². The maximum absolute atomic E-state index is 13.4. The van der Waals surface area contributed by atoms with Crippen molar-refractivity contribution in [3.8, 4) is 11.6 Å². The number of amides is 1. The lowest BCUT2D eigenvalue weighted by molar-refractivity contribution is -0.137. The van der Waals surface area contributed by atoms with Crippen LogP contribution >= 0.6 is 0 Å². The number of aryl methyl sites for hydroxylation is 1. The summed E-state index contributed by atoms with van der Waals surface area (Å²) >= 11 is 0. The van der Waals surface area contributed by atoms with Crippen molar-refractivity contribution in [1.82, 2.24) is 10.3 Å². The molecule has 0 unspecified atom stereocenters. The Hall–Kier alpha value is -3.54. The van der Waals surface area contributed by atoms with Crippen LogP contribution in [0.2, 0.25) is 0 Å². The summed E-state index contributed by atoms with van der Waals surface area (Å²) in [5, 5.41) is 2.43. The van der Waals surface area contributed by atoms with E-state index in [2.05, 4.69) is 14.7 Å². The minimum absolute atomic E-state index is 0.0744. The zero-order valence-corrected chi connectivity index (χ0v) is 18.1. The Bertz CT molecular complexity index is 1300. The largest absolute Gasteiger partial charge is 0.438 e. The molecule has 1 aromatic heterocycles. The van der Waals surface area contributed by atoms with E-state index in [1.54, 1.807) is 0 Å². The van der Waals surface area contributed by atoms with Crippen LogP contribution in [0.3, 0.4) is 0 Å². The van der Waals surface area contributed by atoms with E-state index < -0.39 is 44.9 Å². The van der Waals surface area contributed by atoms with Crippen molar-refractivity contribution in [2.24, 2.45) is 4.40 Å². The predicted octanol–water partition coefficient (Wildman–Crippen LogP) is 4.31. The molecule has 12 heteroatoms. The molecule has 1 aromatic carbocycles. The lowest BCUT2D eigenvalue weighted by Gasteiger charge is -2.16. The van der Waals surface area contributed by atoms with E-state index >= 15 is 0 Å². The second-order valence-electron chi connectivity index (χ2n) is 7.08. The Morgan fingerprint density at radius 2 is 1.97 bits per heavy atom. The number of aromatic nitrogens is 1. The zero-order chi connectivity index (χ0) is 24.4. The van der Waals surface area contributed by atoms with Crippen molar-refractivity contribution < 1.29 is 35.5 Å². The van der Waals surface area contributed by atoms with E-state index in [0.717, 1.165) is 18.4 Å². The van der Waals surface area contributed by atoms with Crippen LogP contribution in [-0.4, -0.2) is 31.3 Å². The Morgan fingerprint density at radius 3 is 2.61 bits per heavy atom. The first-order chi connectivity index (χ1) is 15.3. The fourth-order valence-corrected chi connectivity index (χ4v) is 3.40. The van der Waals surface area contributed by atoms with Crippen molar-refractivity contribution >= 4 is 21.6 Å². The third-order valence-electron chi connectivity index (χ3n) is 4.28. The summed E-state index contributed by atoms with van der Waals surface area (Å²) < 4.78 is 84.8. The molecule has 0 spiro atoms. The molecule has 0 saturated carbocycles. The number of sulfonamides is 1. The zero-order valence-electron chi connectivity index (χ0n) is 17.3. The maximum Gasteiger partial charge on any atom is 0.417 e. The fourth-order valence-electron chi connectivity index (χ4n) is 2.85. The van der Waals surface area contributed by atoms with Gasteiger partial charge in [-0.1, -0.05) is 6.08 Å². The first kappa shape index (κ1) is 24.1. The van der Waals surface area contributed by atoms with E-state index in [1.165, 1.54) is 31.2 Å². The highest BCUT2D eigenvalue weighted by molar-refractivity contribution is 7.89. The van der Waals surface area contributed by atoms with Gasteiger partial charge in [0.2, 0.25) is 15.9 Å². The van der Waals surface area contributed by atoms with Crippen LogP contribution in [-0.2, 0) is 16.2 Å². The molecule has 1 amide bonds. The highest BCUT2D eigenvalue weighted by atomic mass is 32.2. The van der Waals surface area contributed by atoms with Gasteiger partial charge in [0, 0.05) is 18.3 Å². The van der Waals surface area contributed by atoms with Gasteiger partial charge in [0.05, 0.1) is 17.5 Å². The number of pyridine rings is 1. The summed E-state index contributed by atoms with van der Waals surface area (Å²) in [7, 11) is -3.68. The number of carbonyl (C=O) groups is 1. The van der Waals surface area contributed by atoms with Crippen molar-refractivity contribution in [3.05, 3.63) is 76.9 Å². The van der Waals surface area contributed by atoms with Crippen LogP contribution in [0.5, 0.6) is 11.6 Å². The summed E-state index contributed by atoms with van der Waals surface area (Å²) in [6.45, 7) is 1.52. The number of carbonyl (C=O) groups excluding carboxylic acids is 1. The minimum atomic E-state index is -4.77. The number of ether oxygens (including phenoxy) is 1. The molecule has 2 aromatic rings. The number of hydrogen-bond acceptors (Lipinski definition) is 5. The standard InChI is InChI=1S/C21H17F4N3O4S/c1-12-8-14(22)6-7-18(12)32-20-17(9-13(11-26-20)21(23,24)25)19(29)27-15-4-3-5-16(10-15)28-33(2,30)31/h3-9,11H,10H2,1-2H3,(H,27,29). The number of benzene rings is 1. The lowest BCUT2D eigenvalue weighted by Crippen LogP contribution is -2.26. The fraction of sp³-hybridized carbons (Fsp3) is 0.190. The highest BCUT2D eigenvalue weighted by Crippen LogP contribution is 2.33. The van der Waals surface area contributed by atoms with Gasteiger partial charge in [-0.2, -0.15) is 17.6 Å². The molecule has 0 bridgehead atoms. The normalized spacial score (nSPS) is 15.3. The summed E-state index contributed by atoms with van der Waals surface area (Å²) in [4.78, 5) is 16.5. The smallest absolute Gasteiger partial charge is 0.417 e. The SMILES string of the molecule is Cc1cc(F)ccc1Oc1ncc(C(F)(F)F)cc1C(=O)NC1=CC=CC(=NS(C)(=O)=O)C1. The quantitative estimate of drug-likeness (QED) is 0.639. The van der Waals surface area contributed by atoms with Gasteiger partial charge in [0.15, 0.2) is 0 Å². The minimum Gasteiger partial charge on any atom is -0.438 e. The van der Waals surface area contributed by atoms with Gasteiger partial charge in [-0.05, 0) is 48.9 Å². The van der Waals surface area contributed by atoms with Gasteiger partial charge in [-0.15, -0.1) is 0 Å². The van der Waals surface area contributed by atoms with Gasteiger partial charge < -0.3 is 10.1 Å². The Kier molecular flexibility index (Phi) is 6.68. The summed E-state index contributed by atoms with van der Waals surface area (Å²) in [6, 6.07) is 4.09.